The highest BCUT2D eigenvalue weighted by molar-refractivity contribution is 6.35. The number of nitrogens with one attached hydrogen (secondary N) is 1. The van der Waals surface area contributed by atoms with Crippen molar-refractivity contribution >= 4 is 45.5 Å². The molecule has 138 valence electrons. The van der Waals surface area contributed by atoms with Crippen LogP contribution in [0, 0.1) is 0 Å². The van der Waals surface area contributed by atoms with Crippen LogP contribution in [0.1, 0.15) is 5.56 Å². The van der Waals surface area contributed by atoms with Crippen molar-refractivity contribution in [2.75, 3.05) is 26.2 Å². The lowest BCUT2D eigenvalue weighted by Crippen LogP contribution is -2.47. The molecule has 0 bridgehead atoms. The van der Waals surface area contributed by atoms with Gasteiger partial charge in [-0.3, -0.25) is 0 Å². The molecule has 27 heavy (non-hydrogen) atoms. The van der Waals surface area contributed by atoms with Crippen molar-refractivity contribution in [1.29, 1.82) is 0 Å². The molecule has 1 saturated heterocycles. The van der Waals surface area contributed by atoms with Crippen LogP contribution in [0.3, 0.4) is 0 Å². The van der Waals surface area contributed by atoms with Gasteiger partial charge in [-0.2, -0.15) is 0 Å². The van der Waals surface area contributed by atoms with Crippen molar-refractivity contribution in [3.8, 4) is 0 Å². The van der Waals surface area contributed by atoms with Gasteiger partial charge in [0.15, 0.2) is 0 Å². The van der Waals surface area contributed by atoms with E-state index in [1.54, 1.807) is 6.07 Å². The van der Waals surface area contributed by atoms with Crippen LogP contribution in [-0.2, 0) is 6.42 Å². The van der Waals surface area contributed by atoms with E-state index in [0.29, 0.717) is 10.0 Å². The van der Waals surface area contributed by atoms with Crippen LogP contribution in [0.2, 0.25) is 10.0 Å². The van der Waals surface area contributed by atoms with Gasteiger partial charge >= 0.3 is 0 Å². The highest BCUT2D eigenvalue weighted by Gasteiger charge is 2.16. The standard InChI is InChI=1S/C22H21Cl2N3/c23-18-13-19(24)15-20(14-18)26-22(27-10-8-25-9-11-27)12-17-6-3-5-16-4-1-2-7-21(16)17/h1-7,13-15,25H,8-12H2. The van der Waals surface area contributed by atoms with Gasteiger partial charge in [-0.05, 0) is 34.5 Å². The molecule has 1 N–H and O–H groups in total. The van der Waals surface area contributed by atoms with E-state index < -0.39 is 0 Å². The van der Waals surface area contributed by atoms with E-state index in [9.17, 15) is 0 Å². The summed E-state index contributed by atoms with van der Waals surface area (Å²) in [5, 5.41) is 7.13. The third-order valence-corrected chi connectivity index (χ3v) is 5.25. The minimum absolute atomic E-state index is 0.603. The molecule has 1 aliphatic rings. The third kappa shape index (κ3) is 4.44. The van der Waals surface area contributed by atoms with Crippen molar-refractivity contribution in [1.82, 2.24) is 10.2 Å². The molecule has 0 unspecified atom stereocenters. The van der Waals surface area contributed by atoms with Crippen LogP contribution in [0.5, 0.6) is 0 Å². The van der Waals surface area contributed by atoms with E-state index in [1.165, 1.54) is 16.3 Å². The second kappa shape index (κ2) is 8.30. The molecule has 0 spiro atoms. The maximum Gasteiger partial charge on any atom is 0.109 e. The summed E-state index contributed by atoms with van der Waals surface area (Å²) < 4.78 is 0. The monoisotopic (exact) mass is 397 g/mol. The lowest BCUT2D eigenvalue weighted by atomic mass is 10.0. The Balaban J connectivity index is 1.74. The summed E-state index contributed by atoms with van der Waals surface area (Å²) in [6.45, 7) is 3.81. The van der Waals surface area contributed by atoms with Gasteiger partial charge in [-0.15, -0.1) is 0 Å². The van der Waals surface area contributed by atoms with Crippen molar-refractivity contribution in [2.45, 2.75) is 6.42 Å². The van der Waals surface area contributed by atoms with Crippen LogP contribution in [0.15, 0.2) is 65.7 Å². The van der Waals surface area contributed by atoms with E-state index in [4.69, 9.17) is 28.2 Å². The number of hydrogen-bond acceptors (Lipinski definition) is 2. The SMILES string of the molecule is Clc1cc(Cl)cc(N=C(Cc2cccc3ccccc23)N2CCNCC2)c1. The summed E-state index contributed by atoms with van der Waals surface area (Å²) in [5.41, 5.74) is 2.07. The van der Waals surface area contributed by atoms with Gasteiger partial charge in [0.05, 0.1) is 5.69 Å². The number of rotatable bonds is 3. The van der Waals surface area contributed by atoms with Gasteiger partial charge < -0.3 is 10.2 Å². The molecule has 0 radical (unpaired) electrons. The highest BCUT2D eigenvalue weighted by atomic mass is 35.5. The average Bonchev–Trinajstić information content (AvgIpc) is 2.68. The Kier molecular flexibility index (Phi) is 5.63. The van der Waals surface area contributed by atoms with Crippen molar-refractivity contribution in [3.63, 3.8) is 0 Å². The van der Waals surface area contributed by atoms with Crippen LogP contribution < -0.4 is 5.32 Å². The minimum atomic E-state index is 0.603. The number of halogens is 2. The molecule has 3 nitrogen and oxygen atoms in total. The molecular formula is C22H21Cl2N3. The van der Waals surface area contributed by atoms with Gasteiger partial charge in [0.1, 0.15) is 5.84 Å². The molecule has 0 amide bonds. The van der Waals surface area contributed by atoms with E-state index in [0.717, 1.165) is 44.1 Å². The van der Waals surface area contributed by atoms with Crippen molar-refractivity contribution in [2.24, 2.45) is 4.99 Å². The summed E-state index contributed by atoms with van der Waals surface area (Å²) in [7, 11) is 0. The third-order valence-electron chi connectivity index (χ3n) is 4.82. The molecular weight excluding hydrogens is 377 g/mol. The van der Waals surface area contributed by atoms with Crippen LogP contribution >= 0.6 is 23.2 Å². The first-order chi connectivity index (χ1) is 13.2. The summed E-state index contributed by atoms with van der Waals surface area (Å²) in [4.78, 5) is 7.31. The molecule has 0 saturated carbocycles. The molecule has 1 aliphatic heterocycles. The van der Waals surface area contributed by atoms with Crippen molar-refractivity contribution < 1.29 is 0 Å². The minimum Gasteiger partial charge on any atom is -0.357 e. The number of nitrogens with zero attached hydrogens (tertiary/aromatic N) is 2. The molecule has 0 aromatic heterocycles. The predicted molar refractivity (Wildman–Crippen MR) is 116 cm³/mol. The maximum atomic E-state index is 6.18. The number of benzene rings is 3. The van der Waals surface area contributed by atoms with Gasteiger partial charge in [0, 0.05) is 42.6 Å². The largest absolute Gasteiger partial charge is 0.357 e. The van der Waals surface area contributed by atoms with Crippen molar-refractivity contribution in [3.05, 3.63) is 76.3 Å². The number of aliphatic imine (C=N–C) groups is 1. The first-order valence-corrected chi connectivity index (χ1v) is 9.90. The Bertz CT molecular complexity index is 953. The van der Waals surface area contributed by atoms with Crippen LogP contribution in [-0.4, -0.2) is 36.9 Å². The number of amidine groups is 1. The van der Waals surface area contributed by atoms with E-state index in [-0.39, 0.29) is 0 Å². The molecule has 5 heteroatoms. The second-order valence-electron chi connectivity index (χ2n) is 6.71. The summed E-state index contributed by atoms with van der Waals surface area (Å²) in [6.07, 6.45) is 0.769. The number of hydrogen-bond donors (Lipinski definition) is 1. The van der Waals surface area contributed by atoms with Crippen LogP contribution in [0.25, 0.3) is 10.8 Å². The molecule has 1 fully saturated rings. The highest BCUT2D eigenvalue weighted by Crippen LogP contribution is 2.26. The van der Waals surface area contributed by atoms with Crippen LogP contribution in [0.4, 0.5) is 5.69 Å². The topological polar surface area (TPSA) is 27.6 Å². The lowest BCUT2D eigenvalue weighted by Gasteiger charge is -2.31. The Labute approximate surface area is 169 Å². The van der Waals surface area contributed by atoms with Gasteiger partial charge in [-0.25, -0.2) is 4.99 Å². The molecule has 0 aliphatic carbocycles. The average molecular weight is 398 g/mol. The fourth-order valence-corrected chi connectivity index (χ4v) is 4.03. The predicted octanol–water partition coefficient (Wildman–Crippen LogP) is 5.32. The molecule has 3 aromatic carbocycles. The first kappa shape index (κ1) is 18.3. The molecule has 0 atom stereocenters. The van der Waals surface area contributed by atoms with E-state index in [1.807, 2.05) is 12.1 Å². The molecule has 1 heterocycles. The summed E-state index contributed by atoms with van der Waals surface area (Å²) in [5.74, 6) is 1.05. The fraction of sp³-hybridized carbons (Fsp3) is 0.227. The summed E-state index contributed by atoms with van der Waals surface area (Å²) in [6, 6.07) is 20.4. The normalized spacial score (nSPS) is 15.3. The van der Waals surface area contributed by atoms with Gasteiger partial charge in [0.2, 0.25) is 0 Å². The number of piperazine rings is 1. The smallest absolute Gasteiger partial charge is 0.109 e. The maximum absolute atomic E-state index is 6.18. The molecule has 4 rings (SSSR count). The Hall–Kier alpha value is -2.07. The molecule has 3 aromatic rings. The zero-order valence-electron chi connectivity index (χ0n) is 15.0. The van der Waals surface area contributed by atoms with Gasteiger partial charge in [-0.1, -0.05) is 65.7 Å². The van der Waals surface area contributed by atoms with E-state index in [2.05, 4.69) is 52.7 Å². The first-order valence-electron chi connectivity index (χ1n) is 9.15. The van der Waals surface area contributed by atoms with E-state index >= 15 is 0 Å². The Morgan fingerprint density at radius 3 is 2.41 bits per heavy atom. The zero-order valence-corrected chi connectivity index (χ0v) is 16.5. The lowest BCUT2D eigenvalue weighted by molar-refractivity contribution is 0.353. The van der Waals surface area contributed by atoms with Gasteiger partial charge in [0.25, 0.3) is 0 Å². The Morgan fingerprint density at radius 2 is 1.63 bits per heavy atom. The number of fused-ring (bicyclic) bond motifs is 1. The fourth-order valence-electron chi connectivity index (χ4n) is 3.51. The zero-order chi connectivity index (χ0) is 18.6. The quantitative estimate of drug-likeness (QED) is 0.477. The Morgan fingerprint density at radius 1 is 0.926 bits per heavy atom. The second-order valence-corrected chi connectivity index (χ2v) is 7.58. The summed E-state index contributed by atoms with van der Waals surface area (Å²) >= 11 is 12.4.